The molecule has 0 aromatic heterocycles. The molecule has 1 fully saturated rings. The molecule has 0 aliphatic carbocycles. The minimum Gasteiger partial charge on any atom is -0.394 e. The molecule has 36 heavy (non-hydrogen) atoms. The summed E-state index contributed by atoms with van der Waals surface area (Å²) in [4.78, 5) is 52.1. The number of hydrogen-bond donors (Lipinski definition) is 7. The second-order valence-corrected chi connectivity index (χ2v) is 9.85. The van der Waals surface area contributed by atoms with Crippen LogP contribution >= 0.6 is 0 Å². The molecule has 0 unspecified atom stereocenters. The van der Waals surface area contributed by atoms with Crippen LogP contribution in [-0.2, 0) is 19.2 Å². The van der Waals surface area contributed by atoms with Gasteiger partial charge in [-0.15, -0.1) is 0 Å². The third-order valence-corrected chi connectivity index (χ3v) is 6.87. The van der Waals surface area contributed by atoms with Crippen LogP contribution in [0.3, 0.4) is 0 Å². The zero-order valence-electron chi connectivity index (χ0n) is 22.4. The highest BCUT2D eigenvalue weighted by molar-refractivity contribution is 5.95. The fraction of sp³-hybridized carbons (Fsp3) is 0.840. The minimum absolute atomic E-state index is 0.0615. The van der Waals surface area contributed by atoms with E-state index in [0.717, 1.165) is 25.7 Å². The van der Waals surface area contributed by atoms with Gasteiger partial charge in [0.25, 0.3) is 0 Å². The molecule has 11 nitrogen and oxygen atoms in total. The van der Waals surface area contributed by atoms with Crippen molar-refractivity contribution in [2.45, 2.75) is 109 Å². The SMILES string of the molecule is CC[C@H](C)[C@@H]1NC(=O)[C@H](CCCCN)NC(=O)[C@H](CO)NC(=O)[C@@H](NC)CCCCC[C@@H](C)NC1=O. The maximum atomic E-state index is 13.3. The highest BCUT2D eigenvalue weighted by Crippen LogP contribution is 2.13. The van der Waals surface area contributed by atoms with E-state index in [4.69, 9.17) is 5.73 Å². The molecule has 8 N–H and O–H groups in total. The lowest BCUT2D eigenvalue weighted by Gasteiger charge is -2.29. The molecule has 0 bridgehead atoms. The molecule has 4 amide bonds. The molecule has 0 aromatic rings. The van der Waals surface area contributed by atoms with Gasteiger partial charge in [0.1, 0.15) is 18.1 Å². The number of carbonyl (C=O) groups is 4. The number of aliphatic hydroxyl groups excluding tert-OH is 1. The van der Waals surface area contributed by atoms with Crippen LogP contribution in [0.25, 0.3) is 0 Å². The third kappa shape index (κ3) is 10.8. The second kappa shape index (κ2) is 17.3. The molecule has 6 atom stereocenters. The Kier molecular flexibility index (Phi) is 15.2. The van der Waals surface area contributed by atoms with Gasteiger partial charge in [0, 0.05) is 6.04 Å². The molecule has 1 aliphatic rings. The number of nitrogens with one attached hydrogen (secondary N) is 5. The maximum absolute atomic E-state index is 13.3. The van der Waals surface area contributed by atoms with E-state index in [1.165, 1.54) is 0 Å². The van der Waals surface area contributed by atoms with Crippen LogP contribution < -0.4 is 32.3 Å². The molecule has 1 aliphatic heterocycles. The van der Waals surface area contributed by atoms with E-state index in [1.807, 2.05) is 20.8 Å². The third-order valence-electron chi connectivity index (χ3n) is 6.87. The Labute approximate surface area is 215 Å². The van der Waals surface area contributed by atoms with E-state index >= 15 is 0 Å². The van der Waals surface area contributed by atoms with Crippen molar-refractivity contribution in [2.75, 3.05) is 20.2 Å². The van der Waals surface area contributed by atoms with Gasteiger partial charge in [-0.05, 0) is 58.5 Å². The monoisotopic (exact) mass is 512 g/mol. The molecule has 11 heteroatoms. The van der Waals surface area contributed by atoms with Gasteiger partial charge in [-0.1, -0.05) is 39.5 Å². The Balaban J connectivity index is 3.20. The summed E-state index contributed by atoms with van der Waals surface area (Å²) in [6.07, 6.45) is 6.16. The van der Waals surface area contributed by atoms with Gasteiger partial charge in [-0.2, -0.15) is 0 Å². The summed E-state index contributed by atoms with van der Waals surface area (Å²) >= 11 is 0. The first-order chi connectivity index (χ1) is 17.2. The fourth-order valence-electron chi connectivity index (χ4n) is 4.24. The van der Waals surface area contributed by atoms with Gasteiger partial charge in [-0.3, -0.25) is 19.2 Å². The Bertz CT molecular complexity index is 706. The highest BCUT2D eigenvalue weighted by Gasteiger charge is 2.32. The number of unbranched alkanes of at least 4 members (excludes halogenated alkanes) is 1. The number of hydrogen-bond acceptors (Lipinski definition) is 7. The minimum atomic E-state index is -1.20. The van der Waals surface area contributed by atoms with Gasteiger partial charge >= 0.3 is 0 Å². The zero-order chi connectivity index (χ0) is 27.1. The molecule has 208 valence electrons. The predicted molar refractivity (Wildman–Crippen MR) is 139 cm³/mol. The predicted octanol–water partition coefficient (Wildman–Crippen LogP) is -0.335. The summed E-state index contributed by atoms with van der Waals surface area (Å²) in [5.74, 6) is -1.88. The van der Waals surface area contributed by atoms with Gasteiger partial charge in [0.15, 0.2) is 0 Å². The van der Waals surface area contributed by atoms with Crippen molar-refractivity contribution in [3.63, 3.8) is 0 Å². The van der Waals surface area contributed by atoms with E-state index in [1.54, 1.807) is 7.05 Å². The molecule has 0 radical (unpaired) electrons. The Morgan fingerprint density at radius 1 is 0.917 bits per heavy atom. The van der Waals surface area contributed by atoms with Crippen molar-refractivity contribution in [3.05, 3.63) is 0 Å². The topological polar surface area (TPSA) is 175 Å². The van der Waals surface area contributed by atoms with Crippen molar-refractivity contribution in [2.24, 2.45) is 11.7 Å². The van der Waals surface area contributed by atoms with Gasteiger partial charge in [-0.25, -0.2) is 0 Å². The molecule has 1 heterocycles. The molecular formula is C25H48N6O5. The van der Waals surface area contributed by atoms with Gasteiger partial charge in [0.05, 0.1) is 12.6 Å². The van der Waals surface area contributed by atoms with Crippen LogP contribution in [0.2, 0.25) is 0 Å². The first-order valence-corrected chi connectivity index (χ1v) is 13.4. The van der Waals surface area contributed by atoms with Crippen molar-refractivity contribution in [1.82, 2.24) is 26.6 Å². The number of rotatable bonds is 8. The number of amides is 4. The Hall–Kier alpha value is -2.24. The van der Waals surface area contributed by atoms with E-state index in [0.29, 0.717) is 38.6 Å². The van der Waals surface area contributed by atoms with Crippen LogP contribution in [0, 0.1) is 5.92 Å². The van der Waals surface area contributed by atoms with Crippen LogP contribution in [-0.4, -0.2) is 79.1 Å². The Morgan fingerprint density at radius 2 is 1.56 bits per heavy atom. The molecule has 1 rings (SSSR count). The van der Waals surface area contributed by atoms with E-state index in [2.05, 4.69) is 26.6 Å². The normalized spacial score (nSPS) is 28.7. The van der Waals surface area contributed by atoms with Crippen molar-refractivity contribution >= 4 is 23.6 Å². The first kappa shape index (κ1) is 31.8. The lowest BCUT2D eigenvalue weighted by atomic mass is 9.96. The lowest BCUT2D eigenvalue weighted by molar-refractivity contribution is -0.135. The molecule has 0 spiro atoms. The summed E-state index contributed by atoms with van der Waals surface area (Å²) in [6, 6.07) is -3.46. The average Bonchev–Trinajstić information content (AvgIpc) is 2.85. The molecule has 0 aromatic carbocycles. The van der Waals surface area contributed by atoms with Gasteiger partial charge in [0.2, 0.25) is 23.6 Å². The fourth-order valence-corrected chi connectivity index (χ4v) is 4.24. The lowest BCUT2D eigenvalue weighted by Crippen LogP contribution is -2.59. The van der Waals surface area contributed by atoms with Crippen molar-refractivity contribution in [3.8, 4) is 0 Å². The van der Waals surface area contributed by atoms with E-state index < -0.39 is 42.6 Å². The smallest absolute Gasteiger partial charge is 0.245 e. The van der Waals surface area contributed by atoms with Crippen LogP contribution in [0.15, 0.2) is 0 Å². The number of nitrogens with two attached hydrogens (primary N) is 1. The van der Waals surface area contributed by atoms with Crippen molar-refractivity contribution < 1.29 is 24.3 Å². The Morgan fingerprint density at radius 3 is 2.17 bits per heavy atom. The van der Waals surface area contributed by atoms with Crippen LogP contribution in [0.5, 0.6) is 0 Å². The molecule has 0 saturated carbocycles. The number of aliphatic hydroxyl groups is 1. The quantitative estimate of drug-likeness (QED) is 0.218. The average molecular weight is 513 g/mol. The first-order valence-electron chi connectivity index (χ1n) is 13.4. The molecular weight excluding hydrogens is 464 g/mol. The number of carbonyl (C=O) groups excluding carboxylic acids is 4. The van der Waals surface area contributed by atoms with E-state index in [9.17, 15) is 24.3 Å². The molecule has 1 saturated heterocycles. The summed E-state index contributed by atoms with van der Waals surface area (Å²) in [5.41, 5.74) is 5.60. The van der Waals surface area contributed by atoms with Gasteiger partial charge < -0.3 is 37.4 Å². The summed E-state index contributed by atoms with van der Waals surface area (Å²) in [7, 11) is 1.67. The standard InChI is InChI=1S/C25H48N6O5/c1-5-16(2)21-25(36)28-17(3)11-7-6-8-12-18(27-4)22(33)30-20(15-32)24(35)29-19(23(34)31-21)13-9-10-14-26/h16-21,27,32H,5-15,26H2,1-4H3,(H,28,36)(H,29,35)(H,30,33)(H,31,34)/t16-,17+,18-,19-,20-,21-/m0/s1. The largest absolute Gasteiger partial charge is 0.394 e. The zero-order valence-corrected chi connectivity index (χ0v) is 22.4. The highest BCUT2D eigenvalue weighted by atomic mass is 16.3. The van der Waals surface area contributed by atoms with Crippen LogP contribution in [0.1, 0.15) is 78.6 Å². The summed E-state index contributed by atoms with van der Waals surface area (Å²) in [6.45, 7) is 5.63. The summed E-state index contributed by atoms with van der Waals surface area (Å²) in [5, 5.41) is 23.9. The van der Waals surface area contributed by atoms with Crippen molar-refractivity contribution in [1.29, 1.82) is 0 Å². The van der Waals surface area contributed by atoms with E-state index in [-0.39, 0.29) is 23.8 Å². The summed E-state index contributed by atoms with van der Waals surface area (Å²) < 4.78 is 0. The van der Waals surface area contributed by atoms with Crippen LogP contribution in [0.4, 0.5) is 0 Å². The maximum Gasteiger partial charge on any atom is 0.245 e. The number of likely N-dealkylation sites (N-methyl/N-ethyl adjacent to an activating group) is 1. The second-order valence-electron chi connectivity index (χ2n) is 9.85.